The molecule has 1 saturated heterocycles. The summed E-state index contributed by atoms with van der Waals surface area (Å²) in [5.74, 6) is 0.543. The Labute approximate surface area is 211 Å². The summed E-state index contributed by atoms with van der Waals surface area (Å²) in [7, 11) is 0. The Morgan fingerprint density at radius 3 is 2.46 bits per heavy atom. The number of amides is 2. The minimum atomic E-state index is -0.151. The fourth-order valence-corrected chi connectivity index (χ4v) is 5.78. The van der Waals surface area contributed by atoms with E-state index in [1.165, 1.54) is 37.6 Å². The molecule has 0 aromatic heterocycles. The van der Waals surface area contributed by atoms with Crippen LogP contribution in [0.25, 0.3) is 0 Å². The summed E-state index contributed by atoms with van der Waals surface area (Å²) < 4.78 is 3.28. The molecule has 2 aromatic rings. The number of piperidine rings is 1. The number of rotatable bonds is 8. The van der Waals surface area contributed by atoms with Crippen LogP contribution in [0.4, 0.5) is 22.7 Å². The lowest BCUT2D eigenvalue weighted by atomic mass is 9.93. The molecule has 3 aliphatic rings. The summed E-state index contributed by atoms with van der Waals surface area (Å²) in [6, 6.07) is 11.6. The third kappa shape index (κ3) is 5.00. The summed E-state index contributed by atoms with van der Waals surface area (Å²) in [4.78, 5) is 30.1. The van der Waals surface area contributed by atoms with Gasteiger partial charge >= 0.3 is 0 Å². The predicted molar refractivity (Wildman–Crippen MR) is 143 cm³/mol. The van der Waals surface area contributed by atoms with E-state index < -0.39 is 0 Å². The minimum Gasteiger partial charge on any atom is -0.395 e. The summed E-state index contributed by atoms with van der Waals surface area (Å²) in [5.41, 5.74) is 5.63. The fraction of sp³-hybridized carbons (Fsp3) is 0.481. The first-order valence-electron chi connectivity index (χ1n) is 12.5. The molecule has 0 unspecified atom stereocenters. The zero-order valence-corrected chi connectivity index (χ0v) is 21.3. The molecule has 8 heteroatoms. The molecule has 1 saturated carbocycles. The first-order chi connectivity index (χ1) is 16.9. The lowest BCUT2D eigenvalue weighted by Crippen LogP contribution is -2.35. The van der Waals surface area contributed by atoms with Crippen LogP contribution in [-0.2, 0) is 11.2 Å². The molecule has 2 amide bonds. The van der Waals surface area contributed by atoms with Crippen LogP contribution in [0.2, 0.25) is 0 Å². The number of carbonyl (C=O) groups is 2. The molecule has 2 heterocycles. The Hall–Kier alpha value is -2.71. The zero-order valence-electron chi connectivity index (χ0n) is 20.5. The third-order valence-electron chi connectivity index (χ3n) is 7.48. The van der Waals surface area contributed by atoms with E-state index in [1.807, 2.05) is 55.1 Å². The highest BCUT2D eigenvalue weighted by molar-refractivity contribution is 8.00. The smallest absolute Gasteiger partial charge is 0.257 e. The molecule has 1 spiro atoms. The molecular weight excluding hydrogens is 460 g/mol. The van der Waals surface area contributed by atoms with Gasteiger partial charge in [-0.3, -0.25) is 9.59 Å². The van der Waals surface area contributed by atoms with Crippen molar-refractivity contribution in [3.63, 3.8) is 0 Å². The molecule has 2 aromatic carbocycles. The highest BCUT2D eigenvalue weighted by Crippen LogP contribution is 2.54. The van der Waals surface area contributed by atoms with Crippen LogP contribution in [0, 0.1) is 5.41 Å². The Morgan fingerprint density at radius 1 is 1.06 bits per heavy atom. The van der Waals surface area contributed by atoms with Crippen molar-refractivity contribution in [3.8, 4) is 0 Å². The number of hydrogen-bond acceptors (Lipinski definition) is 6. The van der Waals surface area contributed by atoms with E-state index in [0.717, 1.165) is 35.7 Å². The second-order valence-corrected chi connectivity index (χ2v) is 11.1. The van der Waals surface area contributed by atoms with E-state index in [1.54, 1.807) is 0 Å². The number of aliphatic hydroxyl groups is 1. The Kier molecular flexibility index (Phi) is 6.68. The monoisotopic (exact) mass is 494 g/mol. The molecule has 1 aliphatic carbocycles. The molecule has 186 valence electrons. The van der Waals surface area contributed by atoms with Gasteiger partial charge in [0.1, 0.15) is 0 Å². The highest BCUT2D eigenvalue weighted by Gasteiger charge is 2.44. The van der Waals surface area contributed by atoms with Crippen LogP contribution < -0.4 is 19.8 Å². The van der Waals surface area contributed by atoms with E-state index in [9.17, 15) is 9.59 Å². The van der Waals surface area contributed by atoms with E-state index in [0.29, 0.717) is 28.8 Å². The van der Waals surface area contributed by atoms with Crippen LogP contribution in [0.3, 0.4) is 0 Å². The van der Waals surface area contributed by atoms with Crippen molar-refractivity contribution in [1.82, 2.24) is 0 Å². The number of nitrogens with one attached hydrogen (secondary N) is 2. The van der Waals surface area contributed by atoms with Crippen molar-refractivity contribution in [2.75, 3.05) is 45.3 Å². The van der Waals surface area contributed by atoms with Gasteiger partial charge in [-0.1, -0.05) is 18.0 Å². The average Bonchev–Trinajstić information content (AvgIpc) is 3.50. The first kappa shape index (κ1) is 24.0. The number of carbonyl (C=O) groups excluding carboxylic acids is 2. The fourth-order valence-electron chi connectivity index (χ4n) is 5.29. The van der Waals surface area contributed by atoms with Crippen molar-refractivity contribution in [2.45, 2.75) is 52.0 Å². The Balaban J connectivity index is 1.38. The minimum absolute atomic E-state index is 0.0684. The highest BCUT2D eigenvalue weighted by atomic mass is 32.2. The second-order valence-electron chi connectivity index (χ2n) is 10.2. The SMILES string of the molecule is CC(C)N1C(=O)Cc2ccc(NC(=O)c3ccc(NSCCO)cc3N3CCC4(CC3)CC4)cc21. The molecule has 0 atom stereocenters. The number of hydrogen-bond donors (Lipinski definition) is 3. The van der Waals surface area contributed by atoms with Crippen molar-refractivity contribution >= 4 is 46.5 Å². The van der Waals surface area contributed by atoms with Crippen LogP contribution >= 0.6 is 11.9 Å². The molecule has 0 radical (unpaired) electrons. The molecule has 7 nitrogen and oxygen atoms in total. The largest absolute Gasteiger partial charge is 0.395 e. The van der Waals surface area contributed by atoms with Crippen LogP contribution in [0.5, 0.6) is 0 Å². The van der Waals surface area contributed by atoms with E-state index >= 15 is 0 Å². The van der Waals surface area contributed by atoms with Gasteiger partial charge in [0, 0.05) is 41.9 Å². The van der Waals surface area contributed by atoms with Gasteiger partial charge in [-0.05, 0) is 80.8 Å². The molecule has 2 fully saturated rings. The molecule has 35 heavy (non-hydrogen) atoms. The maximum atomic E-state index is 13.5. The van der Waals surface area contributed by atoms with Gasteiger partial charge in [0.15, 0.2) is 0 Å². The standard InChI is InChI=1S/C27H34N4O3S/c1-18(2)31-23-16-20(4-3-19(23)15-25(31)33)28-26(34)22-6-5-21(29-35-14-13-32)17-24(22)30-11-9-27(7-8-27)10-12-30/h3-6,16-18,29,32H,7-15H2,1-2H3,(H,28,34). The lowest BCUT2D eigenvalue weighted by molar-refractivity contribution is -0.117. The number of nitrogens with zero attached hydrogens (tertiary/aromatic N) is 2. The van der Waals surface area contributed by atoms with Gasteiger partial charge in [0.25, 0.3) is 5.91 Å². The number of anilines is 4. The van der Waals surface area contributed by atoms with E-state index in [2.05, 4.69) is 14.9 Å². The topological polar surface area (TPSA) is 84.9 Å². The van der Waals surface area contributed by atoms with Crippen LogP contribution in [0.15, 0.2) is 36.4 Å². The average molecular weight is 495 g/mol. The van der Waals surface area contributed by atoms with Crippen molar-refractivity contribution < 1.29 is 14.7 Å². The molecule has 2 aliphatic heterocycles. The summed E-state index contributed by atoms with van der Waals surface area (Å²) in [6.07, 6.45) is 5.43. The van der Waals surface area contributed by atoms with E-state index in [-0.39, 0.29) is 24.5 Å². The molecule has 3 N–H and O–H groups in total. The molecule has 5 rings (SSSR count). The lowest BCUT2D eigenvalue weighted by Gasteiger charge is -2.35. The van der Waals surface area contributed by atoms with Gasteiger partial charge in [-0.15, -0.1) is 0 Å². The Morgan fingerprint density at radius 2 is 1.77 bits per heavy atom. The zero-order chi connectivity index (χ0) is 24.6. The Bertz CT molecular complexity index is 1120. The summed E-state index contributed by atoms with van der Waals surface area (Å²) in [6.45, 7) is 6.03. The number of aliphatic hydroxyl groups excluding tert-OH is 1. The van der Waals surface area contributed by atoms with Crippen molar-refractivity contribution in [3.05, 3.63) is 47.5 Å². The normalized spacial score (nSPS) is 18.2. The molecular formula is C27H34N4O3S. The second kappa shape index (κ2) is 9.74. The quantitative estimate of drug-likeness (QED) is 0.365. The first-order valence-corrected chi connectivity index (χ1v) is 13.5. The van der Waals surface area contributed by atoms with Gasteiger partial charge in [0.2, 0.25) is 5.91 Å². The summed E-state index contributed by atoms with van der Waals surface area (Å²) in [5, 5.41) is 12.2. The molecule has 0 bridgehead atoms. The van der Waals surface area contributed by atoms with Gasteiger partial charge in [-0.2, -0.15) is 0 Å². The predicted octanol–water partition coefficient (Wildman–Crippen LogP) is 4.67. The van der Waals surface area contributed by atoms with Crippen molar-refractivity contribution in [1.29, 1.82) is 0 Å². The third-order valence-corrected chi connectivity index (χ3v) is 8.24. The maximum Gasteiger partial charge on any atom is 0.257 e. The van der Waals surface area contributed by atoms with Crippen molar-refractivity contribution in [2.24, 2.45) is 5.41 Å². The number of benzene rings is 2. The van der Waals surface area contributed by atoms with E-state index in [4.69, 9.17) is 5.11 Å². The maximum absolute atomic E-state index is 13.5. The number of fused-ring (bicyclic) bond motifs is 1. The van der Waals surface area contributed by atoms with Crippen LogP contribution in [0.1, 0.15) is 55.5 Å². The van der Waals surface area contributed by atoms with Gasteiger partial charge in [0.05, 0.1) is 24.3 Å². The van der Waals surface area contributed by atoms with Crippen LogP contribution in [-0.4, -0.2) is 48.4 Å². The van der Waals surface area contributed by atoms with Gasteiger partial charge in [-0.25, -0.2) is 0 Å². The van der Waals surface area contributed by atoms with Gasteiger partial charge < -0.3 is 24.9 Å². The summed E-state index contributed by atoms with van der Waals surface area (Å²) >= 11 is 1.45.